The monoisotopic (exact) mass is 383 g/mol. The van der Waals surface area contributed by atoms with Gasteiger partial charge in [-0.05, 0) is 32.4 Å². The Morgan fingerprint density at radius 3 is 3.00 bits per heavy atom. The van der Waals surface area contributed by atoms with E-state index in [1.165, 1.54) is 0 Å². The summed E-state index contributed by atoms with van der Waals surface area (Å²) < 4.78 is 3.17. The zero-order valence-electron chi connectivity index (χ0n) is 14.1. The number of fused-ring (bicyclic) bond motifs is 1. The van der Waals surface area contributed by atoms with E-state index < -0.39 is 0 Å². The van der Waals surface area contributed by atoms with E-state index in [9.17, 15) is 0 Å². The SMILES string of the molecule is C=CC/C=C(Br)\C=C/Cc1nc(/C(C)=N/C=C\C)c2ccccn12. The molecule has 0 radical (unpaired) electrons. The Morgan fingerprint density at radius 2 is 2.25 bits per heavy atom. The molecule has 0 aromatic carbocycles. The van der Waals surface area contributed by atoms with Gasteiger partial charge in [0.1, 0.15) is 11.5 Å². The van der Waals surface area contributed by atoms with Crippen molar-refractivity contribution < 1.29 is 0 Å². The van der Waals surface area contributed by atoms with Gasteiger partial charge in [0.25, 0.3) is 0 Å². The molecule has 2 rings (SSSR count). The van der Waals surface area contributed by atoms with Gasteiger partial charge in [-0.25, -0.2) is 4.98 Å². The third kappa shape index (κ3) is 4.65. The van der Waals surface area contributed by atoms with Crippen molar-refractivity contribution in [3.8, 4) is 0 Å². The number of halogens is 1. The van der Waals surface area contributed by atoms with Crippen molar-refractivity contribution in [1.29, 1.82) is 0 Å². The van der Waals surface area contributed by atoms with Crippen LogP contribution in [0.1, 0.15) is 31.8 Å². The van der Waals surface area contributed by atoms with E-state index >= 15 is 0 Å². The molecular weight excluding hydrogens is 362 g/mol. The van der Waals surface area contributed by atoms with Crippen LogP contribution in [-0.4, -0.2) is 15.1 Å². The van der Waals surface area contributed by atoms with Gasteiger partial charge in [-0.1, -0.05) is 52.4 Å². The first-order chi connectivity index (χ1) is 11.7. The Labute approximate surface area is 152 Å². The summed E-state index contributed by atoms with van der Waals surface area (Å²) >= 11 is 3.53. The molecule has 4 heteroatoms. The fraction of sp³-hybridized carbons (Fsp3) is 0.200. The van der Waals surface area contributed by atoms with E-state index in [4.69, 9.17) is 4.98 Å². The van der Waals surface area contributed by atoms with E-state index in [2.05, 4.69) is 50.1 Å². The molecule has 3 nitrogen and oxygen atoms in total. The largest absolute Gasteiger partial charge is 0.303 e. The van der Waals surface area contributed by atoms with Crippen LogP contribution in [0.2, 0.25) is 0 Å². The highest BCUT2D eigenvalue weighted by atomic mass is 79.9. The molecular formula is C20H22BrN3. The number of allylic oxidation sites excluding steroid dienone is 6. The highest BCUT2D eigenvalue weighted by molar-refractivity contribution is 9.11. The molecule has 2 heterocycles. The van der Waals surface area contributed by atoms with Crippen molar-refractivity contribution in [2.45, 2.75) is 26.7 Å². The number of imidazole rings is 1. The predicted octanol–water partition coefficient (Wildman–Crippen LogP) is 5.63. The zero-order chi connectivity index (χ0) is 17.4. The summed E-state index contributed by atoms with van der Waals surface area (Å²) in [6.07, 6.45) is 15.5. The first kappa shape index (κ1) is 18.1. The van der Waals surface area contributed by atoms with Gasteiger partial charge in [-0.15, -0.1) is 6.58 Å². The lowest BCUT2D eigenvalue weighted by Gasteiger charge is -1.97. The van der Waals surface area contributed by atoms with Crippen LogP contribution in [0.15, 0.2) is 77.0 Å². The average molecular weight is 384 g/mol. The molecule has 0 amide bonds. The second-order valence-corrected chi connectivity index (χ2v) is 6.16. The van der Waals surface area contributed by atoms with Gasteiger partial charge in [-0.3, -0.25) is 4.99 Å². The molecule has 0 saturated heterocycles. The van der Waals surface area contributed by atoms with E-state index in [0.717, 1.165) is 40.1 Å². The minimum atomic E-state index is 0.749. The minimum Gasteiger partial charge on any atom is -0.303 e. The zero-order valence-corrected chi connectivity index (χ0v) is 15.7. The third-order valence-electron chi connectivity index (χ3n) is 3.44. The van der Waals surface area contributed by atoms with Crippen molar-refractivity contribution in [3.05, 3.63) is 83.6 Å². The number of rotatable bonds is 7. The van der Waals surface area contributed by atoms with Crippen LogP contribution in [0.3, 0.4) is 0 Å². The normalized spacial score (nSPS) is 13.5. The number of nitrogens with zero attached hydrogens (tertiary/aromatic N) is 3. The fourth-order valence-electron chi connectivity index (χ4n) is 2.30. The van der Waals surface area contributed by atoms with Crippen molar-refractivity contribution in [2.24, 2.45) is 4.99 Å². The van der Waals surface area contributed by atoms with Gasteiger partial charge in [-0.2, -0.15) is 0 Å². The van der Waals surface area contributed by atoms with Crippen LogP contribution in [0, 0.1) is 0 Å². The van der Waals surface area contributed by atoms with Crippen LogP contribution in [-0.2, 0) is 6.42 Å². The second kappa shape index (κ2) is 9.18. The topological polar surface area (TPSA) is 29.7 Å². The van der Waals surface area contributed by atoms with Crippen molar-refractivity contribution >= 4 is 27.2 Å². The molecule has 0 atom stereocenters. The third-order valence-corrected chi connectivity index (χ3v) is 4.03. The second-order valence-electron chi connectivity index (χ2n) is 5.25. The number of aromatic nitrogens is 2. The quantitative estimate of drug-likeness (QED) is 0.346. The lowest BCUT2D eigenvalue weighted by atomic mass is 10.2. The lowest BCUT2D eigenvalue weighted by Crippen LogP contribution is -1.95. The van der Waals surface area contributed by atoms with Crippen LogP contribution in [0.4, 0.5) is 0 Å². The Bertz CT molecular complexity index is 823. The molecule has 0 saturated carbocycles. The van der Waals surface area contributed by atoms with Crippen LogP contribution < -0.4 is 0 Å². The summed E-state index contributed by atoms with van der Waals surface area (Å²) in [6, 6.07) is 6.12. The highest BCUT2D eigenvalue weighted by Gasteiger charge is 2.11. The smallest absolute Gasteiger partial charge is 0.117 e. The Hall–Kier alpha value is -2.20. The lowest BCUT2D eigenvalue weighted by molar-refractivity contribution is 0.980. The Morgan fingerprint density at radius 1 is 1.42 bits per heavy atom. The summed E-state index contributed by atoms with van der Waals surface area (Å²) in [5, 5.41) is 0. The van der Waals surface area contributed by atoms with Crippen LogP contribution in [0.5, 0.6) is 0 Å². The summed E-state index contributed by atoms with van der Waals surface area (Å²) in [4.78, 5) is 9.23. The van der Waals surface area contributed by atoms with E-state index in [1.807, 2.05) is 50.4 Å². The summed E-state index contributed by atoms with van der Waals surface area (Å²) in [5.41, 5.74) is 2.92. The van der Waals surface area contributed by atoms with Crippen molar-refractivity contribution in [1.82, 2.24) is 9.38 Å². The molecule has 124 valence electrons. The van der Waals surface area contributed by atoms with Gasteiger partial charge in [0, 0.05) is 23.3 Å². The minimum absolute atomic E-state index is 0.749. The molecule has 2 aromatic rings. The number of aliphatic imine (C=N–C) groups is 1. The maximum atomic E-state index is 4.80. The summed E-state index contributed by atoms with van der Waals surface area (Å²) in [5.74, 6) is 0.996. The molecule has 0 N–H and O–H groups in total. The van der Waals surface area contributed by atoms with Gasteiger partial charge in [0.05, 0.1) is 11.2 Å². The Balaban J connectivity index is 2.31. The molecule has 2 aromatic heterocycles. The molecule has 0 unspecified atom stereocenters. The van der Waals surface area contributed by atoms with Gasteiger partial charge < -0.3 is 4.40 Å². The van der Waals surface area contributed by atoms with Gasteiger partial charge in [0.2, 0.25) is 0 Å². The Kier molecular flexibility index (Phi) is 6.94. The first-order valence-electron chi connectivity index (χ1n) is 7.92. The molecule has 24 heavy (non-hydrogen) atoms. The van der Waals surface area contributed by atoms with E-state index in [1.54, 1.807) is 6.20 Å². The maximum absolute atomic E-state index is 4.80. The average Bonchev–Trinajstić information content (AvgIpc) is 2.97. The highest BCUT2D eigenvalue weighted by Crippen LogP contribution is 2.16. The fourth-order valence-corrected chi connectivity index (χ4v) is 2.67. The standard InChI is InChI=1S/C20H22BrN3/c1-4-6-10-17(21)11-9-13-19-23-20(16(3)22-14-5-2)18-12-7-8-15-24(18)19/h4-5,7-12,14-15H,1,6,13H2,2-3H3/b11-9-,14-5-,17-10+,22-16+. The molecule has 0 aliphatic carbocycles. The van der Waals surface area contributed by atoms with Crippen molar-refractivity contribution in [3.63, 3.8) is 0 Å². The molecule has 0 aliphatic rings. The number of pyridine rings is 1. The number of hydrogen-bond acceptors (Lipinski definition) is 2. The van der Waals surface area contributed by atoms with Crippen LogP contribution >= 0.6 is 15.9 Å². The maximum Gasteiger partial charge on any atom is 0.117 e. The molecule has 0 bridgehead atoms. The predicted molar refractivity (Wildman–Crippen MR) is 107 cm³/mol. The van der Waals surface area contributed by atoms with Gasteiger partial charge in [0.15, 0.2) is 0 Å². The van der Waals surface area contributed by atoms with E-state index in [0.29, 0.717) is 0 Å². The number of hydrogen-bond donors (Lipinski definition) is 0. The molecule has 0 fully saturated rings. The van der Waals surface area contributed by atoms with Crippen LogP contribution in [0.25, 0.3) is 5.52 Å². The summed E-state index contributed by atoms with van der Waals surface area (Å²) in [6.45, 7) is 7.66. The molecule has 0 spiro atoms. The molecule has 0 aliphatic heterocycles. The summed E-state index contributed by atoms with van der Waals surface area (Å²) in [7, 11) is 0. The first-order valence-corrected chi connectivity index (χ1v) is 8.71. The van der Waals surface area contributed by atoms with Gasteiger partial charge >= 0.3 is 0 Å². The van der Waals surface area contributed by atoms with E-state index in [-0.39, 0.29) is 0 Å². The van der Waals surface area contributed by atoms with Crippen molar-refractivity contribution in [2.75, 3.05) is 0 Å².